The van der Waals surface area contributed by atoms with E-state index in [0.29, 0.717) is 6.42 Å². The molecule has 1 fully saturated rings. The van der Waals surface area contributed by atoms with Crippen molar-refractivity contribution in [3.63, 3.8) is 0 Å². The Bertz CT molecular complexity index is 1020. The highest BCUT2D eigenvalue weighted by atomic mass is 19.3. The normalized spacial score (nSPS) is 15.4. The number of rotatable bonds is 8. The van der Waals surface area contributed by atoms with Crippen LogP contribution in [0.4, 0.5) is 13.6 Å². The molecule has 33 heavy (non-hydrogen) atoms. The van der Waals surface area contributed by atoms with E-state index in [0.717, 1.165) is 27.2 Å². The van der Waals surface area contributed by atoms with Crippen molar-refractivity contribution >= 4 is 18.0 Å². The number of nitrogens with zero attached hydrogens (tertiary/aromatic N) is 1. The number of benzene rings is 2. The van der Waals surface area contributed by atoms with Crippen LogP contribution in [-0.2, 0) is 14.3 Å². The zero-order valence-corrected chi connectivity index (χ0v) is 17.8. The molecule has 4 rings (SSSR count). The molecule has 1 aliphatic carbocycles. The quantitative estimate of drug-likeness (QED) is 0.632. The molecule has 0 bridgehead atoms. The smallest absolute Gasteiger partial charge is 0.407 e. The Kier molecular flexibility index (Phi) is 6.31. The molecule has 0 radical (unpaired) electrons. The molecule has 1 heterocycles. The first-order valence-electron chi connectivity index (χ1n) is 10.7. The fourth-order valence-electron chi connectivity index (χ4n) is 4.39. The number of fused-ring (bicyclic) bond motifs is 3. The Hall–Kier alpha value is -3.49. The van der Waals surface area contributed by atoms with E-state index in [1.165, 1.54) is 0 Å². The van der Waals surface area contributed by atoms with Gasteiger partial charge in [-0.15, -0.1) is 0 Å². The first kappa shape index (κ1) is 22.7. The molecule has 0 unspecified atom stereocenters. The van der Waals surface area contributed by atoms with E-state index in [1.54, 1.807) is 0 Å². The SMILES string of the molecule is O=C(O)CCC1CN(C(=O)C(F)(F)CNC(=O)OCC2c3ccccc3-c3ccccc32)C1. The maximum Gasteiger partial charge on any atom is 0.407 e. The van der Waals surface area contributed by atoms with Gasteiger partial charge in [0.2, 0.25) is 0 Å². The maximum atomic E-state index is 14.3. The van der Waals surface area contributed by atoms with Gasteiger partial charge in [-0.3, -0.25) is 9.59 Å². The molecule has 7 nitrogen and oxygen atoms in total. The summed E-state index contributed by atoms with van der Waals surface area (Å²) in [4.78, 5) is 35.7. The second-order valence-corrected chi connectivity index (χ2v) is 8.39. The van der Waals surface area contributed by atoms with Gasteiger partial charge in [0.15, 0.2) is 0 Å². The predicted octanol–water partition coefficient (Wildman–Crippen LogP) is 3.48. The second kappa shape index (κ2) is 9.17. The van der Waals surface area contributed by atoms with Crippen molar-refractivity contribution in [2.75, 3.05) is 26.2 Å². The fraction of sp³-hybridized carbons (Fsp3) is 0.375. The van der Waals surface area contributed by atoms with Crippen molar-refractivity contribution in [1.29, 1.82) is 0 Å². The maximum absolute atomic E-state index is 14.3. The van der Waals surface area contributed by atoms with E-state index >= 15 is 0 Å². The number of hydrogen-bond donors (Lipinski definition) is 2. The number of amides is 2. The van der Waals surface area contributed by atoms with Crippen molar-refractivity contribution in [2.45, 2.75) is 24.7 Å². The number of carbonyl (C=O) groups excluding carboxylic acids is 2. The lowest BCUT2D eigenvalue weighted by Crippen LogP contribution is -2.58. The van der Waals surface area contributed by atoms with Crippen molar-refractivity contribution in [2.24, 2.45) is 5.92 Å². The molecule has 1 aliphatic heterocycles. The summed E-state index contributed by atoms with van der Waals surface area (Å²) in [7, 11) is 0. The summed E-state index contributed by atoms with van der Waals surface area (Å²) < 4.78 is 33.8. The number of alkyl halides is 2. The summed E-state index contributed by atoms with van der Waals surface area (Å²) in [5.74, 6) is -6.42. The van der Waals surface area contributed by atoms with Crippen LogP contribution >= 0.6 is 0 Å². The van der Waals surface area contributed by atoms with Gasteiger partial charge in [-0.2, -0.15) is 8.78 Å². The standard InChI is InChI=1S/C24H24F2N2O5/c25-24(26,22(31)28-11-15(12-28)9-10-21(29)30)14-27-23(32)33-13-20-18-7-3-1-5-16(18)17-6-2-4-8-19(17)20/h1-8,15,20H,9-14H2,(H,27,32)(H,29,30). The molecule has 2 aliphatic rings. The lowest BCUT2D eigenvalue weighted by atomic mass is 9.94. The van der Waals surface area contributed by atoms with Gasteiger partial charge in [-0.1, -0.05) is 48.5 Å². The summed E-state index contributed by atoms with van der Waals surface area (Å²) in [6.45, 7) is -1.01. The first-order valence-corrected chi connectivity index (χ1v) is 10.7. The van der Waals surface area contributed by atoms with E-state index in [-0.39, 0.29) is 38.0 Å². The number of carbonyl (C=O) groups is 3. The van der Waals surface area contributed by atoms with Crippen LogP contribution < -0.4 is 5.32 Å². The molecule has 0 saturated carbocycles. The third-order valence-corrected chi connectivity index (χ3v) is 6.12. The van der Waals surface area contributed by atoms with Crippen molar-refractivity contribution in [1.82, 2.24) is 10.2 Å². The number of nitrogens with one attached hydrogen (secondary N) is 1. The Labute approximate surface area is 189 Å². The average molecular weight is 458 g/mol. The number of carboxylic acids is 1. The lowest BCUT2D eigenvalue weighted by molar-refractivity contribution is -0.163. The zero-order chi connectivity index (χ0) is 23.6. The minimum atomic E-state index is -3.77. The van der Waals surface area contributed by atoms with Crippen LogP contribution in [0.1, 0.15) is 29.9 Å². The Morgan fingerprint density at radius 2 is 1.61 bits per heavy atom. The average Bonchev–Trinajstić information content (AvgIpc) is 3.08. The number of carboxylic acid groups (broad SMARTS) is 1. The number of ether oxygens (including phenoxy) is 1. The summed E-state index contributed by atoms with van der Waals surface area (Å²) in [6, 6.07) is 15.5. The molecule has 1 saturated heterocycles. The van der Waals surface area contributed by atoms with Gasteiger partial charge in [0.1, 0.15) is 6.61 Å². The monoisotopic (exact) mass is 458 g/mol. The Morgan fingerprint density at radius 1 is 1.03 bits per heavy atom. The van der Waals surface area contributed by atoms with Crippen LogP contribution in [0.5, 0.6) is 0 Å². The highest BCUT2D eigenvalue weighted by Gasteiger charge is 2.46. The topological polar surface area (TPSA) is 95.9 Å². The molecular formula is C24H24F2N2O5. The number of likely N-dealkylation sites (tertiary alicyclic amines) is 1. The van der Waals surface area contributed by atoms with E-state index in [9.17, 15) is 23.2 Å². The van der Waals surface area contributed by atoms with Crippen LogP contribution in [0.25, 0.3) is 11.1 Å². The summed E-state index contributed by atoms with van der Waals surface area (Å²) in [5.41, 5.74) is 4.11. The van der Waals surface area contributed by atoms with Gasteiger partial charge in [-0.05, 0) is 34.6 Å². The minimum Gasteiger partial charge on any atom is -0.481 e. The highest BCUT2D eigenvalue weighted by molar-refractivity contribution is 5.85. The molecule has 0 atom stereocenters. The Morgan fingerprint density at radius 3 is 2.18 bits per heavy atom. The summed E-state index contributed by atoms with van der Waals surface area (Å²) in [5, 5.41) is 10.7. The number of halogens is 2. The second-order valence-electron chi connectivity index (χ2n) is 8.39. The van der Waals surface area contributed by atoms with Crippen LogP contribution in [0.15, 0.2) is 48.5 Å². The fourth-order valence-corrected chi connectivity index (χ4v) is 4.39. The van der Waals surface area contributed by atoms with Crippen LogP contribution in [0, 0.1) is 5.92 Å². The largest absolute Gasteiger partial charge is 0.481 e. The number of hydrogen-bond acceptors (Lipinski definition) is 4. The van der Waals surface area contributed by atoms with Crippen LogP contribution in [0.3, 0.4) is 0 Å². The highest BCUT2D eigenvalue weighted by Crippen LogP contribution is 2.44. The number of aliphatic carboxylic acids is 1. The van der Waals surface area contributed by atoms with Gasteiger partial charge in [0, 0.05) is 25.4 Å². The Balaban J connectivity index is 1.27. The van der Waals surface area contributed by atoms with E-state index in [1.807, 2.05) is 53.8 Å². The van der Waals surface area contributed by atoms with Gasteiger partial charge in [0.05, 0.1) is 6.54 Å². The molecule has 0 aromatic heterocycles. The molecule has 9 heteroatoms. The van der Waals surface area contributed by atoms with E-state index in [2.05, 4.69) is 0 Å². The van der Waals surface area contributed by atoms with Gasteiger partial charge < -0.3 is 20.1 Å². The van der Waals surface area contributed by atoms with Gasteiger partial charge in [0.25, 0.3) is 5.91 Å². The lowest BCUT2D eigenvalue weighted by Gasteiger charge is -2.40. The molecule has 174 valence electrons. The third kappa shape index (κ3) is 4.81. The van der Waals surface area contributed by atoms with Crippen LogP contribution in [0.2, 0.25) is 0 Å². The van der Waals surface area contributed by atoms with Gasteiger partial charge >= 0.3 is 18.0 Å². The predicted molar refractivity (Wildman–Crippen MR) is 115 cm³/mol. The molecular weight excluding hydrogens is 434 g/mol. The van der Waals surface area contributed by atoms with E-state index in [4.69, 9.17) is 9.84 Å². The summed E-state index contributed by atoms with van der Waals surface area (Å²) >= 11 is 0. The van der Waals surface area contributed by atoms with Crippen molar-refractivity contribution < 1.29 is 33.0 Å². The minimum absolute atomic E-state index is 0.0171. The zero-order valence-electron chi connectivity index (χ0n) is 17.8. The number of alkyl carbamates (subject to hydrolysis) is 1. The molecule has 2 N–H and O–H groups in total. The van der Waals surface area contributed by atoms with Gasteiger partial charge in [-0.25, -0.2) is 4.79 Å². The van der Waals surface area contributed by atoms with Crippen LogP contribution in [-0.4, -0.2) is 60.1 Å². The molecule has 2 aromatic rings. The molecule has 2 aromatic carbocycles. The van der Waals surface area contributed by atoms with Crippen molar-refractivity contribution in [3.05, 3.63) is 59.7 Å². The van der Waals surface area contributed by atoms with Crippen molar-refractivity contribution in [3.8, 4) is 11.1 Å². The first-order chi connectivity index (χ1) is 15.8. The molecule has 0 spiro atoms. The molecule has 2 amide bonds. The summed E-state index contributed by atoms with van der Waals surface area (Å²) in [6.07, 6.45) is -0.748. The third-order valence-electron chi connectivity index (χ3n) is 6.12. The van der Waals surface area contributed by atoms with E-state index < -0.39 is 30.4 Å².